The number of aromatic nitrogens is 1. The lowest BCUT2D eigenvalue weighted by atomic mass is 9.83. The van der Waals surface area contributed by atoms with E-state index in [1.165, 1.54) is 31.4 Å². The summed E-state index contributed by atoms with van der Waals surface area (Å²) in [7, 11) is 1.45. The van der Waals surface area contributed by atoms with E-state index in [4.69, 9.17) is 9.47 Å². The van der Waals surface area contributed by atoms with Gasteiger partial charge in [0.1, 0.15) is 11.1 Å². The minimum atomic E-state index is -0.815. The number of hydrogen-bond donors (Lipinski definition) is 2. The van der Waals surface area contributed by atoms with Gasteiger partial charge in [-0.2, -0.15) is 0 Å². The molecule has 12 heteroatoms. The summed E-state index contributed by atoms with van der Waals surface area (Å²) < 4.78 is 24.8. The van der Waals surface area contributed by atoms with Crippen LogP contribution in [-0.2, 0) is 14.4 Å². The molecule has 0 aliphatic carbocycles. The molecule has 6 rings (SSSR count). The zero-order valence-electron chi connectivity index (χ0n) is 21.5. The van der Waals surface area contributed by atoms with Crippen LogP contribution >= 0.6 is 23.1 Å². The van der Waals surface area contributed by atoms with Gasteiger partial charge in [0, 0.05) is 16.5 Å². The maximum absolute atomic E-state index is 13.8. The van der Waals surface area contributed by atoms with Gasteiger partial charge in [0.15, 0.2) is 18.1 Å². The lowest BCUT2D eigenvalue weighted by Gasteiger charge is -2.30. The Balaban J connectivity index is 1.31. The van der Waals surface area contributed by atoms with Gasteiger partial charge in [0.2, 0.25) is 11.8 Å². The number of halogens is 1. The first kappa shape index (κ1) is 26.8. The normalized spacial score (nSPS) is 19.5. The highest BCUT2D eigenvalue weighted by Crippen LogP contribution is 2.53. The third-order valence-electron chi connectivity index (χ3n) is 6.87. The topological polar surface area (TPSA) is 118 Å². The van der Waals surface area contributed by atoms with E-state index in [9.17, 15) is 23.6 Å². The van der Waals surface area contributed by atoms with Gasteiger partial charge in [0.05, 0.1) is 23.7 Å². The minimum absolute atomic E-state index is 0.265. The molecule has 1 aromatic heterocycles. The Kier molecular flexibility index (Phi) is 7.10. The second kappa shape index (κ2) is 10.9. The molecule has 2 aliphatic heterocycles. The summed E-state index contributed by atoms with van der Waals surface area (Å²) in [5, 5.41) is 2.49. The van der Waals surface area contributed by atoms with Gasteiger partial charge in [-0.05, 0) is 54.1 Å². The number of benzene rings is 3. The molecule has 9 nitrogen and oxygen atoms in total. The Morgan fingerprint density at radius 3 is 2.49 bits per heavy atom. The zero-order valence-corrected chi connectivity index (χ0v) is 23.1. The molecular weight excluding hydrogens is 569 g/mol. The Hall–Kier alpha value is -4.42. The molecule has 0 saturated carbocycles. The number of amides is 3. The van der Waals surface area contributed by atoms with Crippen molar-refractivity contribution in [1.29, 1.82) is 0 Å². The highest BCUT2D eigenvalue weighted by molar-refractivity contribution is 8.00. The van der Waals surface area contributed by atoms with Crippen LogP contribution in [0.15, 0.2) is 82.6 Å². The number of H-pyrrole nitrogens is 1. The number of aromatic amines is 1. The fourth-order valence-corrected chi connectivity index (χ4v) is 7.59. The van der Waals surface area contributed by atoms with Gasteiger partial charge >= 0.3 is 4.87 Å². The molecule has 208 valence electrons. The van der Waals surface area contributed by atoms with E-state index in [0.29, 0.717) is 32.7 Å². The lowest BCUT2D eigenvalue weighted by molar-refractivity contribution is -0.122. The molecule has 2 unspecified atom stereocenters. The SMILES string of the molecule is COc1cc([C@H]2c3sc(=O)[nH]c3SC3C(=O)N(c4ccc(F)cc4)C(=O)C32)ccc1OCC(=O)Nc1ccccc1. The van der Waals surface area contributed by atoms with Gasteiger partial charge in [-0.1, -0.05) is 47.4 Å². The van der Waals surface area contributed by atoms with Crippen LogP contribution in [0.25, 0.3) is 0 Å². The number of fused-ring (bicyclic) bond motifs is 2. The van der Waals surface area contributed by atoms with Gasteiger partial charge in [0.25, 0.3) is 5.91 Å². The molecule has 1 fully saturated rings. The molecule has 0 spiro atoms. The van der Waals surface area contributed by atoms with Crippen molar-refractivity contribution in [3.05, 3.63) is 98.7 Å². The van der Waals surface area contributed by atoms with Crippen molar-refractivity contribution in [1.82, 2.24) is 4.98 Å². The highest BCUT2D eigenvalue weighted by Gasteiger charge is 2.56. The predicted octanol–water partition coefficient (Wildman–Crippen LogP) is 4.40. The third kappa shape index (κ3) is 5.00. The molecule has 3 amide bonds. The first-order valence-corrected chi connectivity index (χ1v) is 14.2. The number of methoxy groups -OCH3 is 1. The molecule has 4 aromatic rings. The summed E-state index contributed by atoms with van der Waals surface area (Å²) in [5.41, 5.74) is 1.55. The number of imide groups is 1. The standard InChI is InChI=1S/C29H22FN3O6S2/c1-38-20-13-15(7-12-19(20)39-14-21(34)31-17-5-3-2-4-6-17)22-23-25(40-26-24(22)41-29(37)32-26)28(36)33(27(23)35)18-10-8-16(30)9-11-18/h2-13,22-23,25H,14H2,1H3,(H,31,34)(H,32,37)/t22-,23?,25?/m1/s1. The van der Waals surface area contributed by atoms with Crippen molar-refractivity contribution in [2.45, 2.75) is 16.2 Å². The van der Waals surface area contributed by atoms with Crippen molar-refractivity contribution in [2.75, 3.05) is 23.9 Å². The number of thiazole rings is 1. The number of rotatable bonds is 7. The van der Waals surface area contributed by atoms with Crippen molar-refractivity contribution < 1.29 is 28.2 Å². The van der Waals surface area contributed by atoms with E-state index in [0.717, 1.165) is 28.0 Å². The Labute approximate surface area is 241 Å². The number of anilines is 2. The second-order valence-electron chi connectivity index (χ2n) is 9.35. The number of carbonyl (C=O) groups is 3. The average Bonchev–Trinajstić information content (AvgIpc) is 3.47. The predicted molar refractivity (Wildman–Crippen MR) is 152 cm³/mol. The van der Waals surface area contributed by atoms with E-state index in [1.54, 1.807) is 42.5 Å². The molecule has 2 N–H and O–H groups in total. The van der Waals surface area contributed by atoms with Gasteiger partial charge in [-0.25, -0.2) is 9.29 Å². The van der Waals surface area contributed by atoms with Crippen LogP contribution in [0.1, 0.15) is 16.4 Å². The Morgan fingerprint density at radius 1 is 1.00 bits per heavy atom. The van der Waals surface area contributed by atoms with Crippen LogP contribution in [0.5, 0.6) is 11.5 Å². The second-order valence-corrected chi connectivity index (χ2v) is 11.5. The molecule has 3 heterocycles. The fourth-order valence-electron chi connectivity index (χ4n) is 5.08. The zero-order chi connectivity index (χ0) is 28.7. The summed E-state index contributed by atoms with van der Waals surface area (Å²) in [6.07, 6.45) is 0. The quantitative estimate of drug-likeness (QED) is 0.306. The minimum Gasteiger partial charge on any atom is -0.493 e. The molecular formula is C29H22FN3O6S2. The fraction of sp³-hybridized carbons (Fsp3) is 0.172. The number of carbonyl (C=O) groups excluding carboxylic acids is 3. The molecule has 2 aliphatic rings. The summed E-state index contributed by atoms with van der Waals surface area (Å²) in [5.74, 6) is -2.53. The van der Waals surface area contributed by atoms with Gasteiger partial charge in [-0.3, -0.25) is 19.2 Å². The van der Waals surface area contributed by atoms with Crippen LogP contribution in [0, 0.1) is 11.7 Å². The largest absolute Gasteiger partial charge is 0.493 e. The first-order valence-electron chi connectivity index (χ1n) is 12.5. The van der Waals surface area contributed by atoms with Gasteiger partial charge in [-0.15, -0.1) is 0 Å². The number of para-hydroxylation sites is 1. The van der Waals surface area contributed by atoms with E-state index in [-0.39, 0.29) is 23.1 Å². The van der Waals surface area contributed by atoms with E-state index >= 15 is 0 Å². The highest BCUT2D eigenvalue weighted by atomic mass is 32.2. The number of nitrogens with one attached hydrogen (secondary N) is 2. The van der Waals surface area contributed by atoms with Crippen LogP contribution in [0.4, 0.5) is 15.8 Å². The van der Waals surface area contributed by atoms with Crippen molar-refractivity contribution in [3.63, 3.8) is 0 Å². The van der Waals surface area contributed by atoms with Gasteiger partial charge < -0.3 is 19.8 Å². The molecule has 0 radical (unpaired) electrons. The smallest absolute Gasteiger partial charge is 0.305 e. The van der Waals surface area contributed by atoms with Crippen molar-refractivity contribution in [2.24, 2.45) is 5.92 Å². The average molecular weight is 592 g/mol. The van der Waals surface area contributed by atoms with E-state index in [1.807, 2.05) is 6.07 Å². The first-order chi connectivity index (χ1) is 19.8. The Morgan fingerprint density at radius 2 is 1.76 bits per heavy atom. The summed E-state index contributed by atoms with van der Waals surface area (Å²) in [6, 6.07) is 19.2. The summed E-state index contributed by atoms with van der Waals surface area (Å²) >= 11 is 2.14. The molecule has 1 saturated heterocycles. The number of thioether (sulfide) groups is 1. The van der Waals surface area contributed by atoms with Crippen LogP contribution in [-0.4, -0.2) is 41.7 Å². The van der Waals surface area contributed by atoms with Crippen molar-refractivity contribution >= 4 is 52.2 Å². The maximum atomic E-state index is 13.8. The molecule has 3 aromatic carbocycles. The molecule has 0 bridgehead atoms. The summed E-state index contributed by atoms with van der Waals surface area (Å²) in [6.45, 7) is -0.265. The molecule has 41 heavy (non-hydrogen) atoms. The number of nitrogens with zero attached hydrogens (tertiary/aromatic N) is 1. The van der Waals surface area contributed by atoms with Crippen LogP contribution in [0.2, 0.25) is 0 Å². The maximum Gasteiger partial charge on any atom is 0.305 e. The monoisotopic (exact) mass is 591 g/mol. The van der Waals surface area contributed by atoms with Crippen LogP contribution in [0.3, 0.4) is 0 Å². The third-order valence-corrected chi connectivity index (χ3v) is 9.27. The van der Waals surface area contributed by atoms with Crippen LogP contribution < -0.4 is 24.6 Å². The number of ether oxygens (including phenoxy) is 2. The molecule has 3 atom stereocenters. The van der Waals surface area contributed by atoms with Crippen molar-refractivity contribution in [3.8, 4) is 11.5 Å². The van der Waals surface area contributed by atoms with E-state index in [2.05, 4.69) is 10.3 Å². The number of hydrogen-bond acceptors (Lipinski definition) is 8. The lowest BCUT2D eigenvalue weighted by Crippen LogP contribution is -2.32. The van der Waals surface area contributed by atoms with E-state index < -0.39 is 34.7 Å². The Bertz CT molecular complexity index is 1710. The summed E-state index contributed by atoms with van der Waals surface area (Å²) in [4.78, 5) is 56.3.